The largest absolute Gasteiger partial charge is 0.358 e. The van der Waals surface area contributed by atoms with E-state index >= 15 is 0 Å². The molecule has 2 heterocycles. The lowest BCUT2D eigenvalue weighted by atomic mass is 9.71. The van der Waals surface area contributed by atoms with Gasteiger partial charge in [-0.25, -0.2) is 0 Å². The molecular formula is C22H30O2. The molecule has 2 bridgehead atoms. The van der Waals surface area contributed by atoms with Gasteiger partial charge in [0.25, 0.3) is 0 Å². The summed E-state index contributed by atoms with van der Waals surface area (Å²) < 4.78 is 6.60. The van der Waals surface area contributed by atoms with Gasteiger partial charge in [-0.15, -0.1) is 0 Å². The Hall–Kier alpha value is -1.15. The molecule has 1 unspecified atom stereocenters. The van der Waals surface area contributed by atoms with Gasteiger partial charge in [-0.05, 0) is 31.2 Å². The summed E-state index contributed by atoms with van der Waals surface area (Å²) in [5.41, 5.74) is 1.29. The summed E-state index contributed by atoms with van der Waals surface area (Å²) in [6.07, 6.45) is 11.7. The summed E-state index contributed by atoms with van der Waals surface area (Å²) in [4.78, 5) is 12.5. The van der Waals surface area contributed by atoms with Gasteiger partial charge in [-0.2, -0.15) is 0 Å². The maximum absolute atomic E-state index is 12.5. The topological polar surface area (TPSA) is 26.3 Å². The first-order chi connectivity index (χ1) is 11.7. The van der Waals surface area contributed by atoms with Crippen molar-refractivity contribution < 1.29 is 9.53 Å². The number of Topliss-reactive ketones (excluding diaryl/α,β-unsaturated/α-hetero) is 1. The average Bonchev–Trinajstić information content (AvgIpc) is 3.37. The van der Waals surface area contributed by atoms with E-state index < -0.39 is 0 Å². The van der Waals surface area contributed by atoms with E-state index in [1.807, 2.05) is 0 Å². The predicted octanol–water partition coefficient (Wildman–Crippen LogP) is 5.40. The lowest BCUT2D eigenvalue weighted by Gasteiger charge is -2.38. The lowest BCUT2D eigenvalue weighted by molar-refractivity contribution is -0.151. The van der Waals surface area contributed by atoms with Gasteiger partial charge in [-0.3, -0.25) is 4.79 Å². The molecule has 4 rings (SSSR count). The Bertz CT molecular complexity index is 589. The quantitative estimate of drug-likeness (QED) is 0.627. The molecule has 3 aliphatic rings. The molecule has 2 saturated heterocycles. The lowest BCUT2D eigenvalue weighted by Crippen LogP contribution is -2.38. The highest BCUT2D eigenvalue weighted by molar-refractivity contribution is 5.86. The molecule has 0 radical (unpaired) electrons. The van der Waals surface area contributed by atoms with Crippen molar-refractivity contribution in [3.63, 3.8) is 0 Å². The van der Waals surface area contributed by atoms with Crippen molar-refractivity contribution in [2.45, 2.75) is 82.8 Å². The van der Waals surface area contributed by atoms with Crippen molar-refractivity contribution in [1.29, 1.82) is 0 Å². The smallest absolute Gasteiger partial charge is 0.162 e. The van der Waals surface area contributed by atoms with E-state index in [1.54, 1.807) is 0 Å². The first-order valence-corrected chi connectivity index (χ1v) is 9.99. The van der Waals surface area contributed by atoms with Crippen LogP contribution in [0.1, 0.15) is 76.7 Å². The number of carbonyl (C=O) groups excluding carboxylic acids is 1. The Balaban J connectivity index is 1.59. The summed E-state index contributed by atoms with van der Waals surface area (Å²) >= 11 is 0. The summed E-state index contributed by atoms with van der Waals surface area (Å²) in [7, 11) is 0. The molecule has 2 heteroatoms. The molecule has 2 nitrogen and oxygen atoms in total. The second-order valence-corrected chi connectivity index (χ2v) is 8.21. The molecule has 0 aromatic heterocycles. The fourth-order valence-corrected chi connectivity index (χ4v) is 5.48. The molecule has 3 atom stereocenters. The molecule has 1 aromatic carbocycles. The van der Waals surface area contributed by atoms with Crippen LogP contribution in [-0.2, 0) is 15.1 Å². The van der Waals surface area contributed by atoms with Crippen molar-refractivity contribution in [2.24, 2.45) is 11.3 Å². The van der Waals surface area contributed by atoms with Gasteiger partial charge in [0.15, 0.2) is 5.78 Å². The van der Waals surface area contributed by atoms with Gasteiger partial charge in [0.2, 0.25) is 0 Å². The predicted molar refractivity (Wildman–Crippen MR) is 95.8 cm³/mol. The van der Waals surface area contributed by atoms with Crippen molar-refractivity contribution in [3.8, 4) is 0 Å². The maximum Gasteiger partial charge on any atom is 0.162 e. The van der Waals surface area contributed by atoms with E-state index in [1.165, 1.54) is 56.9 Å². The van der Waals surface area contributed by atoms with Gasteiger partial charge >= 0.3 is 0 Å². The van der Waals surface area contributed by atoms with E-state index in [0.29, 0.717) is 18.1 Å². The average molecular weight is 326 g/mol. The van der Waals surface area contributed by atoms with E-state index in [2.05, 4.69) is 37.3 Å². The van der Waals surface area contributed by atoms with Crippen LogP contribution in [0.5, 0.6) is 0 Å². The molecule has 1 aliphatic carbocycles. The van der Waals surface area contributed by atoms with Crippen LogP contribution in [0, 0.1) is 11.3 Å². The number of fused-ring (bicyclic) bond motifs is 3. The first-order valence-electron chi connectivity index (χ1n) is 9.99. The third kappa shape index (κ3) is 2.45. The SMILES string of the molecule is CCCCCCCC1C2(CC2)[C@H]2O[C@]1(c1ccccc1)CCC2=O. The highest BCUT2D eigenvalue weighted by Gasteiger charge is 2.71. The zero-order valence-corrected chi connectivity index (χ0v) is 14.9. The number of ketones is 1. The second-order valence-electron chi connectivity index (χ2n) is 8.21. The molecule has 1 spiro atoms. The number of rotatable bonds is 7. The van der Waals surface area contributed by atoms with Crippen molar-refractivity contribution in [3.05, 3.63) is 35.9 Å². The molecule has 0 amide bonds. The minimum Gasteiger partial charge on any atom is -0.358 e. The summed E-state index contributed by atoms with van der Waals surface area (Å²) in [5.74, 6) is 0.901. The minimum atomic E-state index is -0.193. The normalized spacial score (nSPS) is 33.1. The van der Waals surface area contributed by atoms with E-state index in [-0.39, 0.29) is 17.1 Å². The van der Waals surface area contributed by atoms with Crippen LogP contribution in [0.2, 0.25) is 0 Å². The van der Waals surface area contributed by atoms with Gasteiger partial charge in [-0.1, -0.05) is 69.4 Å². The summed E-state index contributed by atoms with van der Waals surface area (Å²) in [6, 6.07) is 10.8. The van der Waals surface area contributed by atoms with Gasteiger partial charge < -0.3 is 4.74 Å². The number of unbranched alkanes of at least 4 members (excludes halogenated alkanes) is 4. The third-order valence-corrected chi connectivity index (χ3v) is 6.83. The van der Waals surface area contributed by atoms with Crippen LogP contribution in [0.15, 0.2) is 30.3 Å². The standard InChI is InChI=1S/C22H30O2/c1-2-3-4-5-9-12-19-21(15-16-21)20-18(23)13-14-22(19,24-20)17-10-7-6-8-11-17/h6-8,10-11,19-20H,2-5,9,12-16H2,1H3/t19?,20-,22-/m0/s1. The van der Waals surface area contributed by atoms with Crippen LogP contribution < -0.4 is 0 Å². The molecule has 1 aromatic rings. The monoisotopic (exact) mass is 326 g/mol. The van der Waals surface area contributed by atoms with Crippen LogP contribution in [-0.4, -0.2) is 11.9 Å². The third-order valence-electron chi connectivity index (χ3n) is 6.83. The minimum absolute atomic E-state index is 0.118. The van der Waals surface area contributed by atoms with Crippen LogP contribution in [0.25, 0.3) is 0 Å². The fraction of sp³-hybridized carbons (Fsp3) is 0.682. The Morgan fingerprint density at radius 3 is 2.50 bits per heavy atom. The number of hydrogen-bond donors (Lipinski definition) is 0. The molecule has 130 valence electrons. The maximum atomic E-state index is 12.5. The Kier molecular flexibility index (Phi) is 4.28. The number of ether oxygens (including phenoxy) is 1. The van der Waals surface area contributed by atoms with E-state index in [9.17, 15) is 4.79 Å². The van der Waals surface area contributed by atoms with Gasteiger partial charge in [0.1, 0.15) is 6.10 Å². The Labute approximate surface area is 146 Å². The Morgan fingerprint density at radius 1 is 1.04 bits per heavy atom. The van der Waals surface area contributed by atoms with Crippen molar-refractivity contribution >= 4 is 5.78 Å². The van der Waals surface area contributed by atoms with Crippen LogP contribution in [0.3, 0.4) is 0 Å². The van der Waals surface area contributed by atoms with E-state index in [4.69, 9.17) is 4.74 Å². The molecular weight excluding hydrogens is 296 g/mol. The summed E-state index contributed by atoms with van der Waals surface area (Å²) in [5, 5.41) is 0. The summed E-state index contributed by atoms with van der Waals surface area (Å²) in [6.45, 7) is 2.27. The number of hydrogen-bond acceptors (Lipinski definition) is 2. The van der Waals surface area contributed by atoms with Crippen molar-refractivity contribution in [1.82, 2.24) is 0 Å². The molecule has 0 N–H and O–H groups in total. The number of benzene rings is 1. The molecule has 1 saturated carbocycles. The zero-order chi connectivity index (χ0) is 16.6. The molecule has 24 heavy (non-hydrogen) atoms. The first kappa shape index (κ1) is 16.3. The van der Waals surface area contributed by atoms with E-state index in [0.717, 1.165) is 6.42 Å². The van der Waals surface area contributed by atoms with Crippen molar-refractivity contribution in [2.75, 3.05) is 0 Å². The zero-order valence-electron chi connectivity index (χ0n) is 14.9. The van der Waals surface area contributed by atoms with Crippen LogP contribution in [0.4, 0.5) is 0 Å². The Morgan fingerprint density at radius 2 is 1.79 bits per heavy atom. The second kappa shape index (κ2) is 6.29. The van der Waals surface area contributed by atoms with Gasteiger partial charge in [0.05, 0.1) is 5.60 Å². The highest BCUT2D eigenvalue weighted by atomic mass is 16.5. The molecule has 2 aliphatic heterocycles. The highest BCUT2D eigenvalue weighted by Crippen LogP contribution is 2.71. The number of carbonyl (C=O) groups is 1. The van der Waals surface area contributed by atoms with Crippen LogP contribution >= 0.6 is 0 Å². The molecule has 3 fully saturated rings. The van der Waals surface area contributed by atoms with Gasteiger partial charge in [0, 0.05) is 17.8 Å². The fourth-order valence-electron chi connectivity index (χ4n) is 5.48.